The number of aromatic nitrogens is 3. The van der Waals surface area contributed by atoms with Gasteiger partial charge in [0, 0.05) is 30.0 Å². The van der Waals surface area contributed by atoms with E-state index in [-0.39, 0.29) is 54.4 Å². The minimum absolute atomic E-state index is 0.0619. The monoisotopic (exact) mass is 478 g/mol. The van der Waals surface area contributed by atoms with Crippen LogP contribution in [-0.4, -0.2) is 67.3 Å². The maximum Gasteiger partial charge on any atom is 0.273 e. The van der Waals surface area contributed by atoms with Crippen molar-refractivity contribution < 1.29 is 24.3 Å². The van der Waals surface area contributed by atoms with Crippen LogP contribution >= 0.6 is 0 Å². The predicted octanol–water partition coefficient (Wildman–Crippen LogP) is 0.309. The van der Waals surface area contributed by atoms with Gasteiger partial charge in [0.25, 0.3) is 11.8 Å². The number of nitrogens with one attached hydrogen (secondary N) is 2. The number of amides is 4. The zero-order chi connectivity index (χ0) is 24.3. The number of piperidine rings is 1. The second-order valence-electron chi connectivity index (χ2n) is 10.2. The molecule has 4 amide bonds. The first kappa shape index (κ1) is 21.9. The first-order chi connectivity index (χ1) is 16.9. The largest absolute Gasteiger partial charge is 0.396 e. The van der Waals surface area contributed by atoms with Gasteiger partial charge in [-0.2, -0.15) is 0 Å². The van der Waals surface area contributed by atoms with Gasteiger partial charge in [-0.25, -0.2) is 4.68 Å². The van der Waals surface area contributed by atoms with E-state index in [0.29, 0.717) is 23.6 Å². The zero-order valence-electron chi connectivity index (χ0n) is 19.1. The van der Waals surface area contributed by atoms with Gasteiger partial charge in [0.05, 0.1) is 18.5 Å². The molecule has 3 N–H and O–H groups in total. The molecule has 35 heavy (non-hydrogen) atoms. The van der Waals surface area contributed by atoms with Crippen molar-refractivity contribution in [3.8, 4) is 5.69 Å². The molecule has 2 aliphatic carbocycles. The number of benzene rings is 1. The van der Waals surface area contributed by atoms with E-state index in [9.17, 15) is 24.3 Å². The van der Waals surface area contributed by atoms with E-state index < -0.39 is 11.9 Å². The summed E-state index contributed by atoms with van der Waals surface area (Å²) in [4.78, 5) is 50.9. The summed E-state index contributed by atoms with van der Waals surface area (Å²) < 4.78 is 1.48. The fourth-order valence-corrected chi connectivity index (χ4v) is 6.27. The van der Waals surface area contributed by atoms with Crippen LogP contribution in [-0.2, 0) is 16.1 Å². The molecule has 4 aliphatic rings. The first-order valence-corrected chi connectivity index (χ1v) is 12.0. The standard InChI is InChI=1S/C24H26N6O5/c31-12-24-6-5-13(9-24)7-19(24)25-21(33)17-11-30(28-27-17)15-1-2-16-14(8-15)10-29(23(16)35)18-3-4-20(32)26-22(18)34/h1-2,8,11,13,18-19,31H,3-7,9-10,12H2,(H,25,33)(H,26,32,34)/t13-,18?,19+,24-/m1/s1. The number of carbonyl (C=O) groups is 4. The molecule has 3 fully saturated rings. The number of imide groups is 1. The molecular formula is C24H26N6O5. The van der Waals surface area contributed by atoms with Crippen LogP contribution in [0.1, 0.15) is 64.9 Å². The number of rotatable bonds is 5. The Labute approximate surface area is 200 Å². The van der Waals surface area contributed by atoms with Crippen molar-refractivity contribution in [3.63, 3.8) is 0 Å². The maximum absolute atomic E-state index is 12.9. The third-order valence-electron chi connectivity index (χ3n) is 8.17. The molecule has 1 saturated heterocycles. The lowest BCUT2D eigenvalue weighted by atomic mass is 9.80. The highest BCUT2D eigenvalue weighted by Crippen LogP contribution is 2.53. The quantitative estimate of drug-likeness (QED) is 0.524. The Hall–Kier alpha value is -3.60. The van der Waals surface area contributed by atoms with Crippen LogP contribution in [0.25, 0.3) is 5.69 Å². The Morgan fingerprint density at radius 2 is 2.11 bits per heavy atom. The summed E-state index contributed by atoms with van der Waals surface area (Å²) in [6.07, 6.45) is 5.91. The van der Waals surface area contributed by atoms with Gasteiger partial charge in [-0.05, 0) is 61.8 Å². The Morgan fingerprint density at radius 1 is 1.26 bits per heavy atom. The van der Waals surface area contributed by atoms with E-state index in [1.807, 2.05) is 0 Å². The molecule has 2 aromatic rings. The molecule has 11 heteroatoms. The van der Waals surface area contributed by atoms with Gasteiger partial charge in [0.1, 0.15) is 6.04 Å². The average molecular weight is 479 g/mol. The van der Waals surface area contributed by atoms with Crippen molar-refractivity contribution in [2.75, 3.05) is 6.61 Å². The van der Waals surface area contributed by atoms with Crippen molar-refractivity contribution in [3.05, 3.63) is 41.2 Å². The third-order valence-corrected chi connectivity index (χ3v) is 8.17. The summed E-state index contributed by atoms with van der Waals surface area (Å²) in [5.74, 6) is -0.786. The molecule has 1 unspecified atom stereocenters. The lowest BCUT2D eigenvalue weighted by molar-refractivity contribution is -0.136. The fraction of sp³-hybridized carbons (Fsp3) is 0.500. The molecule has 1 aromatic carbocycles. The van der Waals surface area contributed by atoms with E-state index >= 15 is 0 Å². The summed E-state index contributed by atoms with van der Waals surface area (Å²) in [5, 5.41) is 23.4. The van der Waals surface area contributed by atoms with Crippen molar-refractivity contribution in [1.29, 1.82) is 0 Å². The number of aliphatic hydroxyl groups excluding tert-OH is 1. The molecule has 182 valence electrons. The Morgan fingerprint density at radius 3 is 2.89 bits per heavy atom. The molecule has 2 bridgehead atoms. The van der Waals surface area contributed by atoms with Crippen LogP contribution in [0.15, 0.2) is 24.4 Å². The van der Waals surface area contributed by atoms with Crippen molar-refractivity contribution in [2.45, 2.75) is 57.2 Å². The summed E-state index contributed by atoms with van der Waals surface area (Å²) in [5.41, 5.74) is 1.84. The maximum atomic E-state index is 12.9. The van der Waals surface area contributed by atoms with Gasteiger partial charge in [0.15, 0.2) is 5.69 Å². The Bertz CT molecular complexity index is 1260. The minimum atomic E-state index is -0.675. The molecule has 0 radical (unpaired) electrons. The molecule has 0 spiro atoms. The number of hydrogen-bond donors (Lipinski definition) is 3. The summed E-state index contributed by atoms with van der Waals surface area (Å²) >= 11 is 0. The van der Waals surface area contributed by atoms with Gasteiger partial charge >= 0.3 is 0 Å². The van der Waals surface area contributed by atoms with Crippen molar-refractivity contribution in [1.82, 2.24) is 30.5 Å². The molecule has 6 rings (SSSR count). The van der Waals surface area contributed by atoms with Crippen molar-refractivity contribution >= 4 is 23.6 Å². The summed E-state index contributed by atoms with van der Waals surface area (Å²) in [6.45, 7) is 0.327. The molecular weight excluding hydrogens is 452 g/mol. The Kier molecular flexibility index (Phi) is 4.99. The molecule has 2 aliphatic heterocycles. The number of nitrogens with zero attached hydrogens (tertiary/aromatic N) is 4. The van der Waals surface area contributed by atoms with E-state index in [4.69, 9.17) is 0 Å². The van der Waals surface area contributed by atoms with Crippen LogP contribution in [0.3, 0.4) is 0 Å². The lowest BCUT2D eigenvalue weighted by Gasteiger charge is -2.33. The van der Waals surface area contributed by atoms with Crippen LogP contribution in [0.2, 0.25) is 0 Å². The fourth-order valence-electron chi connectivity index (χ4n) is 6.27. The van der Waals surface area contributed by atoms with Gasteiger partial charge in [-0.1, -0.05) is 5.21 Å². The normalized spacial score (nSPS) is 29.5. The first-order valence-electron chi connectivity index (χ1n) is 12.0. The van der Waals surface area contributed by atoms with Crippen LogP contribution < -0.4 is 10.6 Å². The molecule has 1 aromatic heterocycles. The van der Waals surface area contributed by atoms with E-state index in [0.717, 1.165) is 31.2 Å². The SMILES string of the molecule is O=C1CCC(N2Cc3cc(-n4cc(C(=O)N[C@H]5C[C@H]6CC[C@]5(CO)C6)nn4)ccc3C2=O)C(=O)N1. The molecule has 4 atom stereocenters. The highest BCUT2D eigenvalue weighted by molar-refractivity contribution is 6.05. The van der Waals surface area contributed by atoms with Gasteiger partial charge in [-0.3, -0.25) is 24.5 Å². The number of aliphatic hydroxyl groups is 1. The minimum Gasteiger partial charge on any atom is -0.396 e. The second kappa shape index (κ2) is 7.98. The van der Waals surface area contributed by atoms with Gasteiger partial charge in [0.2, 0.25) is 11.8 Å². The molecule has 11 nitrogen and oxygen atoms in total. The number of hydrogen-bond acceptors (Lipinski definition) is 7. The van der Waals surface area contributed by atoms with Crippen LogP contribution in [0, 0.1) is 11.3 Å². The predicted molar refractivity (Wildman–Crippen MR) is 120 cm³/mol. The lowest BCUT2D eigenvalue weighted by Crippen LogP contribution is -2.52. The van der Waals surface area contributed by atoms with Gasteiger partial charge in [-0.15, -0.1) is 5.10 Å². The number of carbonyl (C=O) groups excluding carboxylic acids is 4. The molecule has 3 heterocycles. The second-order valence-corrected chi connectivity index (χ2v) is 10.2. The van der Waals surface area contributed by atoms with E-state index in [2.05, 4.69) is 20.9 Å². The zero-order valence-corrected chi connectivity index (χ0v) is 19.1. The third kappa shape index (κ3) is 3.53. The highest BCUT2D eigenvalue weighted by Gasteiger charge is 2.52. The van der Waals surface area contributed by atoms with Crippen molar-refractivity contribution in [2.24, 2.45) is 11.3 Å². The summed E-state index contributed by atoms with van der Waals surface area (Å²) in [6, 6.07) is 4.46. The summed E-state index contributed by atoms with van der Waals surface area (Å²) in [7, 11) is 0. The van der Waals surface area contributed by atoms with Crippen LogP contribution in [0.4, 0.5) is 0 Å². The Balaban J connectivity index is 1.17. The van der Waals surface area contributed by atoms with Gasteiger partial charge < -0.3 is 15.3 Å². The smallest absolute Gasteiger partial charge is 0.273 e. The average Bonchev–Trinajstić information content (AvgIpc) is 3.62. The number of fused-ring (bicyclic) bond motifs is 3. The van der Waals surface area contributed by atoms with Crippen LogP contribution in [0.5, 0.6) is 0 Å². The molecule has 2 saturated carbocycles. The van der Waals surface area contributed by atoms with E-state index in [1.54, 1.807) is 24.4 Å². The van der Waals surface area contributed by atoms with E-state index in [1.165, 1.54) is 9.58 Å². The highest BCUT2D eigenvalue weighted by atomic mass is 16.3. The topological polar surface area (TPSA) is 147 Å².